The molecule has 1 atom stereocenters. The van der Waals surface area contributed by atoms with Crippen LogP contribution in [-0.2, 0) is 4.79 Å². The van der Waals surface area contributed by atoms with Crippen LogP contribution in [0, 0.1) is 0 Å². The number of carboxylic acid groups (broad SMARTS) is 1. The van der Waals surface area contributed by atoms with Crippen molar-refractivity contribution in [3.8, 4) is 17.2 Å². The molecule has 0 aliphatic carbocycles. The van der Waals surface area contributed by atoms with Crippen molar-refractivity contribution in [3.05, 3.63) is 17.7 Å². The van der Waals surface area contributed by atoms with E-state index in [1.807, 2.05) is 0 Å². The third-order valence-corrected chi connectivity index (χ3v) is 2.81. The second-order valence-corrected chi connectivity index (χ2v) is 4.03. The van der Waals surface area contributed by atoms with Crippen LogP contribution in [0.2, 0.25) is 0 Å². The first-order chi connectivity index (χ1) is 8.63. The summed E-state index contributed by atoms with van der Waals surface area (Å²) in [4.78, 5) is 11.1. The lowest BCUT2D eigenvalue weighted by Crippen LogP contribution is -2.21. The van der Waals surface area contributed by atoms with Gasteiger partial charge in [-0.25, -0.2) is 0 Å². The zero-order valence-corrected chi connectivity index (χ0v) is 9.76. The van der Waals surface area contributed by atoms with Gasteiger partial charge in [0.05, 0.1) is 19.1 Å². The maximum atomic E-state index is 11.1. The largest absolute Gasteiger partial charge is 0.507 e. The third kappa shape index (κ3) is 2.33. The monoisotopic (exact) mass is 253 g/mol. The van der Waals surface area contributed by atoms with E-state index in [2.05, 4.69) is 0 Å². The van der Waals surface area contributed by atoms with Crippen LogP contribution in [0.4, 0.5) is 0 Å². The van der Waals surface area contributed by atoms with Gasteiger partial charge in [-0.2, -0.15) is 0 Å². The summed E-state index contributed by atoms with van der Waals surface area (Å²) >= 11 is 0. The summed E-state index contributed by atoms with van der Waals surface area (Å²) in [5.41, 5.74) is 5.66. The highest BCUT2D eigenvalue weighted by atomic mass is 16.5. The van der Waals surface area contributed by atoms with Gasteiger partial charge < -0.3 is 25.4 Å². The molecule has 0 spiro atoms. The number of aromatic hydroxyl groups is 1. The molecule has 0 saturated heterocycles. The van der Waals surface area contributed by atoms with Crippen molar-refractivity contribution in [1.29, 1.82) is 0 Å². The number of fused-ring (bicyclic) bond motifs is 1. The van der Waals surface area contributed by atoms with Crippen LogP contribution in [0.1, 0.15) is 17.9 Å². The van der Waals surface area contributed by atoms with Crippen molar-refractivity contribution >= 4 is 5.97 Å². The summed E-state index contributed by atoms with van der Waals surface area (Å²) in [6.45, 7) is 0.908. The van der Waals surface area contributed by atoms with E-state index < -0.39 is 11.9 Å². The number of carboxylic acids is 1. The van der Waals surface area contributed by atoms with Crippen molar-refractivity contribution in [1.82, 2.24) is 0 Å². The third-order valence-electron chi connectivity index (χ3n) is 2.81. The van der Waals surface area contributed by atoms with Gasteiger partial charge in [0.2, 0.25) is 0 Å². The molecule has 1 aliphatic heterocycles. The van der Waals surface area contributed by atoms with E-state index in [9.17, 15) is 9.90 Å². The molecule has 2 rings (SSSR count). The van der Waals surface area contributed by atoms with Crippen molar-refractivity contribution < 1.29 is 24.5 Å². The van der Waals surface area contributed by atoms with Gasteiger partial charge in [0.1, 0.15) is 5.75 Å². The van der Waals surface area contributed by atoms with Crippen LogP contribution in [0.25, 0.3) is 0 Å². The Morgan fingerprint density at radius 2 is 1.94 bits per heavy atom. The molecule has 0 saturated carbocycles. The van der Waals surface area contributed by atoms with E-state index in [4.69, 9.17) is 20.3 Å². The van der Waals surface area contributed by atoms with Gasteiger partial charge in [-0.15, -0.1) is 0 Å². The fourth-order valence-corrected chi connectivity index (χ4v) is 1.85. The Hall–Kier alpha value is -1.95. The summed E-state index contributed by atoms with van der Waals surface area (Å²) in [5, 5.41) is 18.9. The predicted octanol–water partition coefficient (Wildman–Crippen LogP) is 0.680. The molecule has 0 amide bonds. The normalized spacial score (nSPS) is 15.8. The van der Waals surface area contributed by atoms with E-state index in [1.165, 1.54) is 12.1 Å². The van der Waals surface area contributed by atoms with Crippen molar-refractivity contribution in [2.24, 2.45) is 5.73 Å². The smallest absolute Gasteiger partial charge is 0.312 e. The van der Waals surface area contributed by atoms with Crippen LogP contribution < -0.4 is 15.2 Å². The quantitative estimate of drug-likeness (QED) is 0.732. The number of aliphatic carboxylic acids is 1. The molecule has 1 heterocycles. The van der Waals surface area contributed by atoms with Gasteiger partial charge in [-0.05, 0) is 6.07 Å². The Kier molecular flexibility index (Phi) is 3.57. The molecular weight excluding hydrogens is 238 g/mol. The molecule has 18 heavy (non-hydrogen) atoms. The van der Waals surface area contributed by atoms with Gasteiger partial charge in [0, 0.05) is 24.6 Å². The lowest BCUT2D eigenvalue weighted by molar-refractivity contribution is -0.138. The Labute approximate surface area is 104 Å². The molecule has 0 radical (unpaired) electrons. The number of hydrogen-bond donors (Lipinski definition) is 3. The van der Waals surface area contributed by atoms with Crippen LogP contribution in [0.3, 0.4) is 0 Å². The summed E-state index contributed by atoms with van der Waals surface area (Å²) < 4.78 is 10.8. The molecule has 98 valence electrons. The fraction of sp³-hybridized carbons (Fsp3) is 0.417. The lowest BCUT2D eigenvalue weighted by Gasteiger charge is -2.15. The number of nitrogens with two attached hydrogens (primary N) is 1. The topological polar surface area (TPSA) is 102 Å². The van der Waals surface area contributed by atoms with Gasteiger partial charge in [0.25, 0.3) is 0 Å². The molecule has 0 bridgehead atoms. The number of hydrogen-bond acceptors (Lipinski definition) is 5. The maximum absolute atomic E-state index is 11.1. The number of benzene rings is 1. The molecular formula is C12H15NO5. The first kappa shape index (κ1) is 12.5. The van der Waals surface area contributed by atoms with Gasteiger partial charge >= 0.3 is 5.97 Å². The minimum Gasteiger partial charge on any atom is -0.507 e. The first-order valence-electron chi connectivity index (χ1n) is 5.69. The first-order valence-corrected chi connectivity index (χ1v) is 5.69. The second-order valence-electron chi connectivity index (χ2n) is 4.03. The second kappa shape index (κ2) is 5.14. The number of phenols is 1. The van der Waals surface area contributed by atoms with Crippen LogP contribution in [-0.4, -0.2) is 35.9 Å². The average molecular weight is 253 g/mol. The maximum Gasteiger partial charge on any atom is 0.312 e. The molecule has 1 unspecified atom stereocenters. The zero-order valence-electron chi connectivity index (χ0n) is 9.76. The summed E-state index contributed by atoms with van der Waals surface area (Å²) in [7, 11) is 0. The van der Waals surface area contributed by atoms with E-state index >= 15 is 0 Å². The summed E-state index contributed by atoms with van der Waals surface area (Å²) in [6, 6.07) is 2.86. The minimum atomic E-state index is -1.08. The van der Waals surface area contributed by atoms with Crippen molar-refractivity contribution in [3.63, 3.8) is 0 Å². The van der Waals surface area contributed by atoms with Gasteiger partial charge in [-0.1, -0.05) is 0 Å². The molecule has 1 aromatic carbocycles. The lowest BCUT2D eigenvalue weighted by atomic mass is 9.98. The minimum absolute atomic E-state index is 0.0947. The molecule has 0 fully saturated rings. The molecule has 6 heteroatoms. The highest BCUT2D eigenvalue weighted by Gasteiger charge is 2.24. The van der Waals surface area contributed by atoms with Gasteiger partial charge in [-0.3, -0.25) is 4.79 Å². The van der Waals surface area contributed by atoms with E-state index in [1.54, 1.807) is 0 Å². The SMILES string of the molecule is NCC(C(=O)O)c1cc2c(cc1O)OCCCO2. The van der Waals surface area contributed by atoms with Crippen LogP contribution in [0.15, 0.2) is 12.1 Å². The molecule has 6 nitrogen and oxygen atoms in total. The molecule has 1 aliphatic rings. The Morgan fingerprint density at radius 3 is 2.50 bits per heavy atom. The standard InChI is InChI=1S/C12H15NO5/c13-6-8(12(15)16)7-4-10-11(5-9(7)14)18-3-1-2-17-10/h4-5,8,14H,1-3,6,13H2,(H,15,16). The zero-order chi connectivity index (χ0) is 13.1. The number of carbonyl (C=O) groups is 1. The molecule has 1 aromatic rings. The van der Waals surface area contributed by atoms with E-state index in [0.717, 1.165) is 6.42 Å². The highest BCUT2D eigenvalue weighted by molar-refractivity contribution is 5.78. The van der Waals surface area contributed by atoms with Gasteiger partial charge in [0.15, 0.2) is 11.5 Å². The highest BCUT2D eigenvalue weighted by Crippen LogP contribution is 2.38. The number of ether oxygens (including phenoxy) is 2. The van der Waals surface area contributed by atoms with Crippen LogP contribution >= 0.6 is 0 Å². The number of phenolic OH excluding ortho intramolecular Hbond substituents is 1. The van der Waals surface area contributed by atoms with Crippen molar-refractivity contribution in [2.45, 2.75) is 12.3 Å². The van der Waals surface area contributed by atoms with E-state index in [0.29, 0.717) is 24.7 Å². The van der Waals surface area contributed by atoms with E-state index in [-0.39, 0.29) is 17.9 Å². The number of rotatable bonds is 3. The fourth-order valence-electron chi connectivity index (χ4n) is 1.85. The summed E-state index contributed by atoms with van der Waals surface area (Å²) in [5.74, 6) is -1.31. The molecule has 4 N–H and O–H groups in total. The predicted molar refractivity (Wildman–Crippen MR) is 63.1 cm³/mol. The summed E-state index contributed by atoms with van der Waals surface area (Å²) in [6.07, 6.45) is 0.740. The van der Waals surface area contributed by atoms with Crippen molar-refractivity contribution in [2.75, 3.05) is 19.8 Å². The average Bonchev–Trinajstić information content (AvgIpc) is 2.54. The Morgan fingerprint density at radius 1 is 1.33 bits per heavy atom. The Balaban J connectivity index is 2.43. The molecule has 0 aromatic heterocycles. The van der Waals surface area contributed by atoms with Crippen LogP contribution in [0.5, 0.6) is 17.2 Å². The Bertz CT molecular complexity index is 460.